The van der Waals surface area contributed by atoms with Crippen LogP contribution in [0.4, 0.5) is 4.39 Å². The number of ether oxygens (including phenoxy) is 1. The average molecular weight is 408 g/mol. The number of halogens is 1. The maximum absolute atomic E-state index is 13.9. The van der Waals surface area contributed by atoms with Gasteiger partial charge in [0.2, 0.25) is 5.95 Å². The minimum atomic E-state index is -0.342. The second kappa shape index (κ2) is 6.73. The maximum Gasteiger partial charge on any atom is 0.327 e. The van der Waals surface area contributed by atoms with Gasteiger partial charge in [-0.1, -0.05) is 6.42 Å². The Labute approximate surface area is 170 Å². The number of benzene rings is 1. The van der Waals surface area contributed by atoms with Crippen LogP contribution in [0.1, 0.15) is 49.8 Å². The van der Waals surface area contributed by atoms with E-state index in [4.69, 9.17) is 14.7 Å². The Bertz CT molecular complexity index is 1310. The highest BCUT2D eigenvalue weighted by molar-refractivity contribution is 5.79. The van der Waals surface area contributed by atoms with E-state index in [0.717, 1.165) is 43.3 Å². The molecule has 1 aliphatic carbocycles. The number of hydrogen-bond acceptors (Lipinski definition) is 5. The Kier molecular flexibility index (Phi) is 3.98. The Morgan fingerprint density at radius 3 is 2.73 bits per heavy atom. The molecular weight excluding hydrogens is 387 g/mol. The van der Waals surface area contributed by atoms with E-state index in [1.54, 1.807) is 21.5 Å². The molecule has 2 aliphatic rings. The van der Waals surface area contributed by atoms with Crippen LogP contribution in [0.2, 0.25) is 0 Å². The predicted molar refractivity (Wildman–Crippen MR) is 108 cm³/mol. The van der Waals surface area contributed by atoms with Gasteiger partial charge in [-0.15, -0.1) is 0 Å². The standard InChI is InChI=1S/C21H21FN6O2/c22-13-4-5-15-16(10-13)27(11-23-15)20-24-17(12-2-1-3-12)18-19(26-20)28(21(29)25-18)14-6-8-30-9-7-14/h4-5,10-12,14H,1-3,6-9H2,(H,25,29). The summed E-state index contributed by atoms with van der Waals surface area (Å²) < 4.78 is 22.8. The number of fused-ring (bicyclic) bond motifs is 2. The van der Waals surface area contributed by atoms with E-state index in [1.165, 1.54) is 12.1 Å². The van der Waals surface area contributed by atoms with Crippen molar-refractivity contribution in [3.8, 4) is 5.95 Å². The SMILES string of the molecule is O=c1[nH]c2c(C3CCC3)nc(-n3cnc4ccc(F)cc43)nc2n1C1CCOCC1. The number of H-pyrrole nitrogens is 1. The van der Waals surface area contributed by atoms with E-state index >= 15 is 0 Å². The van der Waals surface area contributed by atoms with Crippen molar-refractivity contribution in [3.63, 3.8) is 0 Å². The summed E-state index contributed by atoms with van der Waals surface area (Å²) in [5.74, 6) is 0.365. The molecule has 30 heavy (non-hydrogen) atoms. The highest BCUT2D eigenvalue weighted by Crippen LogP contribution is 2.38. The third-order valence-electron chi connectivity index (χ3n) is 6.36. The van der Waals surface area contributed by atoms with Gasteiger partial charge in [-0.2, -0.15) is 4.98 Å². The van der Waals surface area contributed by atoms with Crippen LogP contribution < -0.4 is 5.69 Å². The van der Waals surface area contributed by atoms with E-state index in [1.807, 2.05) is 0 Å². The normalized spacial score (nSPS) is 18.3. The summed E-state index contributed by atoms with van der Waals surface area (Å²) in [5.41, 5.74) is 3.30. The molecule has 1 N–H and O–H groups in total. The summed E-state index contributed by atoms with van der Waals surface area (Å²) in [4.78, 5) is 29.9. The first-order chi connectivity index (χ1) is 14.7. The van der Waals surface area contributed by atoms with Crippen molar-refractivity contribution in [2.24, 2.45) is 0 Å². The molecule has 4 aromatic rings. The third-order valence-corrected chi connectivity index (χ3v) is 6.36. The first-order valence-electron chi connectivity index (χ1n) is 10.4. The maximum atomic E-state index is 13.9. The van der Waals surface area contributed by atoms with E-state index in [2.05, 4.69) is 9.97 Å². The van der Waals surface area contributed by atoms with Gasteiger partial charge in [0.25, 0.3) is 0 Å². The molecule has 4 heterocycles. The molecule has 0 spiro atoms. The summed E-state index contributed by atoms with van der Waals surface area (Å²) in [5, 5.41) is 0. The molecule has 1 aromatic carbocycles. The van der Waals surface area contributed by atoms with Crippen molar-refractivity contribution in [2.75, 3.05) is 13.2 Å². The van der Waals surface area contributed by atoms with Gasteiger partial charge in [0.15, 0.2) is 5.65 Å². The number of nitrogens with one attached hydrogen (secondary N) is 1. The number of imidazole rings is 2. The molecule has 3 aromatic heterocycles. The fraction of sp³-hybridized carbons (Fsp3) is 0.429. The van der Waals surface area contributed by atoms with E-state index in [0.29, 0.717) is 41.8 Å². The van der Waals surface area contributed by atoms with Crippen LogP contribution in [0, 0.1) is 5.82 Å². The van der Waals surface area contributed by atoms with E-state index in [9.17, 15) is 9.18 Å². The Hall–Kier alpha value is -3.07. The highest BCUT2D eigenvalue weighted by Gasteiger charge is 2.29. The van der Waals surface area contributed by atoms with Crippen LogP contribution in [-0.2, 0) is 4.74 Å². The van der Waals surface area contributed by atoms with Gasteiger partial charge in [0, 0.05) is 31.2 Å². The van der Waals surface area contributed by atoms with Gasteiger partial charge in [-0.25, -0.2) is 19.2 Å². The lowest BCUT2D eigenvalue weighted by atomic mass is 9.82. The van der Waals surface area contributed by atoms with Crippen LogP contribution in [0.3, 0.4) is 0 Å². The molecule has 8 nitrogen and oxygen atoms in total. The second-order valence-corrected chi connectivity index (χ2v) is 8.13. The minimum absolute atomic E-state index is 0.0361. The Balaban J connectivity index is 1.60. The van der Waals surface area contributed by atoms with Crippen molar-refractivity contribution < 1.29 is 9.13 Å². The molecule has 154 valence electrons. The van der Waals surface area contributed by atoms with Crippen LogP contribution >= 0.6 is 0 Å². The van der Waals surface area contributed by atoms with Crippen LogP contribution in [0.15, 0.2) is 29.3 Å². The van der Waals surface area contributed by atoms with Crippen LogP contribution in [0.25, 0.3) is 28.1 Å². The van der Waals surface area contributed by atoms with Gasteiger partial charge < -0.3 is 9.72 Å². The lowest BCUT2D eigenvalue weighted by Gasteiger charge is -2.26. The molecule has 1 aliphatic heterocycles. The van der Waals surface area contributed by atoms with Gasteiger partial charge in [-0.3, -0.25) is 9.13 Å². The largest absolute Gasteiger partial charge is 0.381 e. The van der Waals surface area contributed by atoms with Crippen LogP contribution in [-0.4, -0.2) is 42.3 Å². The first kappa shape index (κ1) is 17.8. The molecular formula is C21H21FN6O2. The number of aromatic nitrogens is 6. The zero-order valence-corrected chi connectivity index (χ0v) is 16.3. The molecule has 0 atom stereocenters. The second-order valence-electron chi connectivity index (χ2n) is 8.13. The minimum Gasteiger partial charge on any atom is -0.381 e. The summed E-state index contributed by atoms with van der Waals surface area (Å²) in [6.07, 6.45) is 6.37. The molecule has 6 rings (SSSR count). The Morgan fingerprint density at radius 1 is 1.13 bits per heavy atom. The summed E-state index contributed by atoms with van der Waals surface area (Å²) in [6.45, 7) is 1.26. The lowest BCUT2D eigenvalue weighted by Crippen LogP contribution is -2.27. The van der Waals surface area contributed by atoms with Gasteiger partial charge in [0.1, 0.15) is 17.7 Å². The fourth-order valence-electron chi connectivity index (χ4n) is 4.52. The lowest BCUT2D eigenvalue weighted by molar-refractivity contribution is 0.0697. The molecule has 1 saturated heterocycles. The molecule has 0 unspecified atom stereocenters. The third kappa shape index (κ3) is 2.68. The molecule has 0 radical (unpaired) electrons. The van der Waals surface area contributed by atoms with Gasteiger partial charge in [0.05, 0.1) is 16.7 Å². The Morgan fingerprint density at radius 2 is 1.97 bits per heavy atom. The van der Waals surface area contributed by atoms with Crippen molar-refractivity contribution in [2.45, 2.75) is 44.1 Å². The smallest absolute Gasteiger partial charge is 0.327 e. The molecule has 0 bridgehead atoms. The topological polar surface area (TPSA) is 90.6 Å². The van der Waals surface area contributed by atoms with E-state index < -0.39 is 0 Å². The molecule has 1 saturated carbocycles. The first-order valence-corrected chi connectivity index (χ1v) is 10.4. The van der Waals surface area contributed by atoms with Crippen molar-refractivity contribution in [1.82, 2.24) is 29.1 Å². The van der Waals surface area contributed by atoms with Crippen molar-refractivity contribution >= 4 is 22.2 Å². The van der Waals surface area contributed by atoms with Gasteiger partial charge >= 0.3 is 5.69 Å². The monoisotopic (exact) mass is 408 g/mol. The number of nitrogens with zero attached hydrogens (tertiary/aromatic N) is 5. The van der Waals surface area contributed by atoms with Crippen molar-refractivity contribution in [3.05, 3.63) is 46.5 Å². The zero-order chi connectivity index (χ0) is 20.2. The molecule has 0 amide bonds. The summed E-state index contributed by atoms with van der Waals surface area (Å²) in [6, 6.07) is 4.50. The molecule has 9 heteroatoms. The quantitative estimate of drug-likeness (QED) is 0.562. The average Bonchev–Trinajstić information content (AvgIpc) is 3.27. The number of aromatic amines is 1. The van der Waals surface area contributed by atoms with E-state index in [-0.39, 0.29) is 17.5 Å². The fourth-order valence-corrected chi connectivity index (χ4v) is 4.52. The highest BCUT2D eigenvalue weighted by atomic mass is 19.1. The number of hydrogen-bond donors (Lipinski definition) is 1. The summed E-state index contributed by atoms with van der Waals surface area (Å²) >= 11 is 0. The zero-order valence-electron chi connectivity index (χ0n) is 16.3. The number of rotatable bonds is 3. The van der Waals surface area contributed by atoms with Crippen molar-refractivity contribution in [1.29, 1.82) is 0 Å². The van der Waals surface area contributed by atoms with Crippen LogP contribution in [0.5, 0.6) is 0 Å². The predicted octanol–water partition coefficient (Wildman–Crippen LogP) is 3.22. The summed E-state index contributed by atoms with van der Waals surface area (Å²) in [7, 11) is 0. The van der Waals surface area contributed by atoms with Gasteiger partial charge in [-0.05, 0) is 37.8 Å². The molecule has 2 fully saturated rings.